The van der Waals surface area contributed by atoms with E-state index in [0.717, 1.165) is 35.3 Å². The molecule has 0 atom stereocenters. The largest absolute Gasteiger partial charge is 0.361 e. The fourth-order valence-electron chi connectivity index (χ4n) is 3.32. The number of aryl methyl sites for hydroxylation is 3. The Morgan fingerprint density at radius 2 is 2.12 bits per heavy atom. The third kappa shape index (κ3) is 3.66. The maximum atomic E-state index is 12.6. The number of nitrogens with one attached hydrogen (secondary N) is 1. The summed E-state index contributed by atoms with van der Waals surface area (Å²) in [6.07, 6.45) is 2.11. The molecule has 0 spiro atoms. The summed E-state index contributed by atoms with van der Waals surface area (Å²) < 4.78 is 32.9. The molecular weight excluding hydrogens is 354 g/mol. The first kappa shape index (κ1) is 18.6. The molecule has 1 N–H and O–H groups in total. The zero-order valence-electron chi connectivity index (χ0n) is 15.2. The van der Waals surface area contributed by atoms with Crippen molar-refractivity contribution >= 4 is 21.6 Å². The van der Waals surface area contributed by atoms with Gasteiger partial charge in [-0.1, -0.05) is 5.16 Å². The lowest BCUT2D eigenvalue weighted by Crippen LogP contribution is -2.34. The molecule has 1 aromatic heterocycles. The predicted molar refractivity (Wildman–Crippen MR) is 97.7 cm³/mol. The number of nitrogens with zero attached hydrogens (tertiary/aromatic N) is 2. The smallest absolute Gasteiger partial charge is 0.240 e. The second kappa shape index (κ2) is 7.20. The van der Waals surface area contributed by atoms with Gasteiger partial charge in [0.25, 0.3) is 0 Å². The molecule has 140 valence electrons. The Morgan fingerprint density at radius 3 is 2.77 bits per heavy atom. The van der Waals surface area contributed by atoms with Crippen LogP contribution in [-0.4, -0.2) is 32.6 Å². The fourth-order valence-corrected chi connectivity index (χ4v) is 4.40. The van der Waals surface area contributed by atoms with Gasteiger partial charge in [0.1, 0.15) is 5.76 Å². The number of hydrogen-bond donors (Lipinski definition) is 1. The Labute approximate surface area is 153 Å². The zero-order valence-corrected chi connectivity index (χ0v) is 16.0. The topological polar surface area (TPSA) is 92.5 Å². The van der Waals surface area contributed by atoms with Crippen LogP contribution < -0.4 is 9.62 Å². The van der Waals surface area contributed by atoms with Crippen molar-refractivity contribution in [1.82, 2.24) is 9.88 Å². The van der Waals surface area contributed by atoms with E-state index in [4.69, 9.17) is 4.52 Å². The van der Waals surface area contributed by atoms with Gasteiger partial charge in [-0.2, -0.15) is 0 Å². The average Bonchev–Trinajstić information content (AvgIpc) is 2.92. The lowest BCUT2D eigenvalue weighted by Gasteiger charge is -2.28. The number of benzene rings is 1. The van der Waals surface area contributed by atoms with E-state index >= 15 is 0 Å². The van der Waals surface area contributed by atoms with Crippen molar-refractivity contribution in [3.8, 4) is 0 Å². The van der Waals surface area contributed by atoms with Crippen LogP contribution in [0.2, 0.25) is 0 Å². The van der Waals surface area contributed by atoms with Crippen molar-refractivity contribution in [3.63, 3.8) is 0 Å². The van der Waals surface area contributed by atoms with Crippen LogP contribution in [0.4, 0.5) is 5.69 Å². The molecule has 0 saturated heterocycles. The number of carbonyl (C=O) groups excluding carboxylic acids is 1. The van der Waals surface area contributed by atoms with E-state index in [0.29, 0.717) is 18.7 Å². The summed E-state index contributed by atoms with van der Waals surface area (Å²) in [5.74, 6) is 0.680. The standard InChI is InChI=1S/C18H23N3O4S/c1-12-17(13(2)25-20-12)8-9-19-26(23,24)16-6-7-18-15(11-16)5-4-10-21(18)14(3)22/h6-7,11,19H,4-5,8-10H2,1-3H3. The van der Waals surface area contributed by atoms with E-state index in [9.17, 15) is 13.2 Å². The van der Waals surface area contributed by atoms with E-state index < -0.39 is 10.0 Å². The molecule has 0 radical (unpaired) electrons. The summed E-state index contributed by atoms with van der Waals surface area (Å²) in [4.78, 5) is 13.7. The van der Waals surface area contributed by atoms with E-state index in [-0.39, 0.29) is 17.3 Å². The minimum atomic E-state index is -3.61. The molecule has 1 aromatic carbocycles. The summed E-state index contributed by atoms with van der Waals surface area (Å²) in [7, 11) is -3.61. The van der Waals surface area contributed by atoms with Crippen LogP contribution in [-0.2, 0) is 27.7 Å². The van der Waals surface area contributed by atoms with Gasteiger partial charge in [-0.25, -0.2) is 13.1 Å². The molecule has 2 heterocycles. The number of aromatic nitrogens is 1. The van der Waals surface area contributed by atoms with Crippen molar-refractivity contribution in [1.29, 1.82) is 0 Å². The van der Waals surface area contributed by atoms with Gasteiger partial charge in [0.05, 0.1) is 10.6 Å². The third-order valence-electron chi connectivity index (χ3n) is 4.71. The van der Waals surface area contributed by atoms with Crippen LogP contribution in [0.3, 0.4) is 0 Å². The molecule has 26 heavy (non-hydrogen) atoms. The molecule has 1 aliphatic heterocycles. The number of carbonyl (C=O) groups is 1. The first-order valence-electron chi connectivity index (χ1n) is 8.62. The minimum Gasteiger partial charge on any atom is -0.361 e. The summed E-state index contributed by atoms with van der Waals surface area (Å²) in [6, 6.07) is 4.94. The number of amides is 1. The highest BCUT2D eigenvalue weighted by molar-refractivity contribution is 7.89. The molecular formula is C18H23N3O4S. The van der Waals surface area contributed by atoms with E-state index in [2.05, 4.69) is 9.88 Å². The highest BCUT2D eigenvalue weighted by atomic mass is 32.2. The average molecular weight is 377 g/mol. The van der Waals surface area contributed by atoms with Gasteiger partial charge in [-0.05, 0) is 56.9 Å². The van der Waals surface area contributed by atoms with Crippen LogP contribution in [0, 0.1) is 13.8 Å². The fraction of sp³-hybridized carbons (Fsp3) is 0.444. The lowest BCUT2D eigenvalue weighted by atomic mass is 10.0. The molecule has 0 saturated carbocycles. The summed E-state index contributed by atoms with van der Waals surface area (Å²) >= 11 is 0. The van der Waals surface area contributed by atoms with Crippen molar-refractivity contribution < 1.29 is 17.7 Å². The van der Waals surface area contributed by atoms with Crippen LogP contribution in [0.5, 0.6) is 0 Å². The summed E-state index contributed by atoms with van der Waals surface area (Å²) in [6.45, 7) is 6.11. The van der Waals surface area contributed by atoms with Gasteiger partial charge in [-0.15, -0.1) is 0 Å². The molecule has 1 aliphatic rings. The maximum Gasteiger partial charge on any atom is 0.240 e. The SMILES string of the molecule is CC(=O)N1CCCc2cc(S(=O)(=O)NCCc3c(C)noc3C)ccc21. The van der Waals surface area contributed by atoms with Gasteiger partial charge in [0, 0.05) is 31.3 Å². The maximum absolute atomic E-state index is 12.6. The van der Waals surface area contributed by atoms with Crippen LogP contribution in [0.1, 0.15) is 35.9 Å². The first-order chi connectivity index (χ1) is 12.3. The number of hydrogen-bond acceptors (Lipinski definition) is 5. The molecule has 3 rings (SSSR count). The van der Waals surface area contributed by atoms with Crippen molar-refractivity contribution in [3.05, 3.63) is 40.8 Å². The highest BCUT2D eigenvalue weighted by Gasteiger charge is 2.23. The number of fused-ring (bicyclic) bond motifs is 1. The van der Waals surface area contributed by atoms with Crippen molar-refractivity contribution in [2.45, 2.75) is 44.9 Å². The molecule has 2 aromatic rings. The number of rotatable bonds is 5. The molecule has 0 unspecified atom stereocenters. The monoisotopic (exact) mass is 377 g/mol. The van der Waals surface area contributed by atoms with Gasteiger partial charge in [0.15, 0.2) is 0 Å². The molecule has 8 heteroatoms. The van der Waals surface area contributed by atoms with Gasteiger partial charge in [-0.3, -0.25) is 4.79 Å². The number of anilines is 1. The van der Waals surface area contributed by atoms with Crippen molar-refractivity contribution in [2.75, 3.05) is 18.0 Å². The Hall–Kier alpha value is -2.19. The van der Waals surface area contributed by atoms with E-state index in [1.54, 1.807) is 23.1 Å². The zero-order chi connectivity index (χ0) is 18.9. The first-order valence-corrected chi connectivity index (χ1v) is 10.1. The quantitative estimate of drug-likeness (QED) is 0.861. The molecule has 7 nitrogen and oxygen atoms in total. The normalized spacial score (nSPS) is 14.3. The molecule has 0 aliphatic carbocycles. The van der Waals surface area contributed by atoms with Gasteiger partial charge < -0.3 is 9.42 Å². The van der Waals surface area contributed by atoms with Crippen LogP contribution in [0.15, 0.2) is 27.6 Å². The second-order valence-electron chi connectivity index (χ2n) is 6.52. The predicted octanol–water partition coefficient (Wildman–Crippen LogP) is 2.11. The molecule has 1 amide bonds. The van der Waals surface area contributed by atoms with Gasteiger partial charge in [0.2, 0.25) is 15.9 Å². The van der Waals surface area contributed by atoms with Crippen LogP contribution >= 0.6 is 0 Å². The summed E-state index contributed by atoms with van der Waals surface area (Å²) in [5.41, 5.74) is 3.40. The second-order valence-corrected chi connectivity index (χ2v) is 8.28. The molecule has 0 fully saturated rings. The molecule has 0 bridgehead atoms. The lowest BCUT2D eigenvalue weighted by molar-refractivity contribution is -0.116. The third-order valence-corrected chi connectivity index (χ3v) is 6.17. The van der Waals surface area contributed by atoms with Crippen LogP contribution in [0.25, 0.3) is 0 Å². The Balaban J connectivity index is 1.74. The Kier molecular flexibility index (Phi) is 5.15. The van der Waals surface area contributed by atoms with Crippen molar-refractivity contribution in [2.24, 2.45) is 0 Å². The summed E-state index contributed by atoms with van der Waals surface area (Å²) in [5, 5.41) is 3.87. The van der Waals surface area contributed by atoms with E-state index in [1.165, 1.54) is 6.92 Å². The van der Waals surface area contributed by atoms with E-state index in [1.807, 2.05) is 13.8 Å². The Morgan fingerprint density at radius 1 is 1.35 bits per heavy atom. The van der Waals surface area contributed by atoms with Gasteiger partial charge >= 0.3 is 0 Å². The minimum absolute atomic E-state index is 0.0286. The highest BCUT2D eigenvalue weighted by Crippen LogP contribution is 2.29. The number of sulfonamides is 1. The Bertz CT molecular complexity index is 914.